The zero-order chi connectivity index (χ0) is 17.7. The van der Waals surface area contributed by atoms with E-state index in [2.05, 4.69) is 9.97 Å². The predicted octanol–water partition coefficient (Wildman–Crippen LogP) is 2.19. The van der Waals surface area contributed by atoms with Crippen LogP contribution in [0.3, 0.4) is 0 Å². The van der Waals surface area contributed by atoms with Gasteiger partial charge in [-0.05, 0) is 35.6 Å². The van der Waals surface area contributed by atoms with Gasteiger partial charge < -0.3 is 0 Å². The van der Waals surface area contributed by atoms with E-state index in [4.69, 9.17) is 11.6 Å². The minimum absolute atomic E-state index is 0.0612. The molecule has 0 spiro atoms. The van der Waals surface area contributed by atoms with E-state index in [0.717, 1.165) is 5.56 Å². The van der Waals surface area contributed by atoms with E-state index >= 15 is 0 Å². The molecule has 0 amide bonds. The van der Waals surface area contributed by atoms with Gasteiger partial charge in [-0.15, -0.1) is 0 Å². The second-order valence-electron chi connectivity index (χ2n) is 6.25. The fraction of sp³-hybridized carbons (Fsp3) is 0.222. The zero-order valence-corrected chi connectivity index (χ0v) is 14.1. The molecule has 6 nitrogen and oxygen atoms in total. The lowest BCUT2D eigenvalue weighted by Crippen LogP contribution is -2.31. The van der Waals surface area contributed by atoms with Crippen molar-refractivity contribution in [2.24, 2.45) is 7.05 Å². The number of carbonyl (C=O) groups is 1. The molecule has 0 saturated carbocycles. The third kappa shape index (κ3) is 2.49. The van der Waals surface area contributed by atoms with Crippen molar-refractivity contribution in [2.75, 3.05) is 0 Å². The Labute approximate surface area is 147 Å². The van der Waals surface area contributed by atoms with E-state index in [9.17, 15) is 14.4 Å². The fourth-order valence-corrected chi connectivity index (χ4v) is 3.67. The number of nitrogens with one attached hydrogen (secondary N) is 1. The van der Waals surface area contributed by atoms with Crippen LogP contribution in [0.15, 0.2) is 40.1 Å². The molecule has 3 aromatic rings. The number of pyridine rings is 1. The molecule has 1 aliphatic rings. The maximum Gasteiger partial charge on any atom is 0.329 e. The van der Waals surface area contributed by atoms with Gasteiger partial charge in [0.1, 0.15) is 5.65 Å². The summed E-state index contributed by atoms with van der Waals surface area (Å²) in [6, 6.07) is 7.40. The number of aryl methyl sites for hydroxylation is 1. The number of benzene rings is 1. The first-order chi connectivity index (χ1) is 12.0. The summed E-state index contributed by atoms with van der Waals surface area (Å²) in [5.41, 5.74) is 1.29. The standard InChI is InChI=1S/C18H14ClN3O3/c1-22-16-15(17(24)21-18(22)25)12-6-10(7-14(23)13(12)8-20-16)9-3-2-4-11(19)5-9/h2-5,8,10H,6-7H2,1H3,(H,21,24,25)/t10-/m1/s1. The van der Waals surface area contributed by atoms with E-state index in [-0.39, 0.29) is 17.3 Å². The first-order valence-electron chi connectivity index (χ1n) is 7.85. The van der Waals surface area contributed by atoms with Gasteiger partial charge >= 0.3 is 5.69 Å². The number of halogens is 1. The molecule has 0 unspecified atom stereocenters. The van der Waals surface area contributed by atoms with Crippen LogP contribution in [0.4, 0.5) is 0 Å². The maximum absolute atomic E-state index is 12.6. The lowest BCUT2D eigenvalue weighted by atomic mass is 9.79. The van der Waals surface area contributed by atoms with Crippen molar-refractivity contribution in [3.05, 3.63) is 73.0 Å². The average Bonchev–Trinajstić information content (AvgIpc) is 2.58. The van der Waals surface area contributed by atoms with Crippen molar-refractivity contribution in [3.63, 3.8) is 0 Å². The number of nitrogens with zero attached hydrogens (tertiary/aromatic N) is 2. The number of carbonyl (C=O) groups excluding carboxylic acids is 1. The number of aromatic amines is 1. The first kappa shape index (κ1) is 15.8. The topological polar surface area (TPSA) is 84.8 Å². The molecule has 1 N–H and O–H groups in total. The van der Waals surface area contributed by atoms with E-state index in [1.54, 1.807) is 13.1 Å². The maximum atomic E-state index is 12.6. The van der Waals surface area contributed by atoms with Crippen LogP contribution in [-0.2, 0) is 13.5 Å². The Kier molecular flexibility index (Phi) is 3.58. The minimum Gasteiger partial charge on any atom is -0.294 e. The number of aromatic nitrogens is 3. The second kappa shape index (κ2) is 5.67. The highest BCUT2D eigenvalue weighted by Crippen LogP contribution is 2.35. The van der Waals surface area contributed by atoms with Crippen LogP contribution in [-0.4, -0.2) is 20.3 Å². The second-order valence-corrected chi connectivity index (χ2v) is 6.69. The molecule has 1 atom stereocenters. The number of hydrogen-bond donors (Lipinski definition) is 1. The molecule has 2 aromatic heterocycles. The van der Waals surface area contributed by atoms with Crippen molar-refractivity contribution >= 4 is 28.4 Å². The van der Waals surface area contributed by atoms with E-state index < -0.39 is 11.2 Å². The molecule has 0 bridgehead atoms. The smallest absolute Gasteiger partial charge is 0.294 e. The number of rotatable bonds is 1. The molecular formula is C18H14ClN3O3. The van der Waals surface area contributed by atoms with Crippen LogP contribution < -0.4 is 11.2 Å². The Bertz CT molecular complexity index is 1150. The Morgan fingerprint density at radius 3 is 2.80 bits per heavy atom. The van der Waals surface area contributed by atoms with Crippen molar-refractivity contribution in [3.8, 4) is 0 Å². The summed E-state index contributed by atoms with van der Waals surface area (Å²) in [7, 11) is 1.54. The average molecular weight is 356 g/mol. The summed E-state index contributed by atoms with van der Waals surface area (Å²) in [5.74, 6) is -0.130. The predicted molar refractivity (Wildman–Crippen MR) is 94.4 cm³/mol. The number of hydrogen-bond acceptors (Lipinski definition) is 4. The van der Waals surface area contributed by atoms with Crippen molar-refractivity contribution in [2.45, 2.75) is 18.8 Å². The molecule has 0 fully saturated rings. The zero-order valence-electron chi connectivity index (χ0n) is 13.4. The summed E-state index contributed by atoms with van der Waals surface area (Å²) >= 11 is 6.07. The first-order valence-corrected chi connectivity index (χ1v) is 8.23. The fourth-order valence-electron chi connectivity index (χ4n) is 3.47. The van der Waals surface area contributed by atoms with Gasteiger partial charge in [0.05, 0.1) is 5.39 Å². The number of Topliss-reactive ketones (excluding diaryl/α,β-unsaturated/α-hetero) is 1. The normalized spacial score (nSPS) is 16.9. The molecule has 4 rings (SSSR count). The lowest BCUT2D eigenvalue weighted by Gasteiger charge is -2.25. The quantitative estimate of drug-likeness (QED) is 0.725. The third-order valence-corrected chi connectivity index (χ3v) is 4.97. The largest absolute Gasteiger partial charge is 0.329 e. The molecule has 25 heavy (non-hydrogen) atoms. The summed E-state index contributed by atoms with van der Waals surface area (Å²) < 4.78 is 1.28. The monoisotopic (exact) mass is 355 g/mol. The summed E-state index contributed by atoms with van der Waals surface area (Å²) in [6.07, 6.45) is 2.32. The van der Waals surface area contributed by atoms with Crippen LogP contribution in [0.1, 0.15) is 33.8 Å². The number of fused-ring (bicyclic) bond motifs is 3. The number of H-pyrrole nitrogens is 1. The molecule has 0 saturated heterocycles. The lowest BCUT2D eigenvalue weighted by molar-refractivity contribution is 0.0964. The highest BCUT2D eigenvalue weighted by Gasteiger charge is 2.29. The van der Waals surface area contributed by atoms with Gasteiger partial charge in [-0.2, -0.15) is 0 Å². The van der Waals surface area contributed by atoms with E-state index in [1.807, 2.05) is 18.2 Å². The van der Waals surface area contributed by atoms with Gasteiger partial charge in [0, 0.05) is 30.3 Å². The Morgan fingerprint density at radius 2 is 2.04 bits per heavy atom. The van der Waals surface area contributed by atoms with Gasteiger partial charge in [0.2, 0.25) is 0 Å². The molecule has 126 valence electrons. The highest BCUT2D eigenvalue weighted by atomic mass is 35.5. The molecule has 7 heteroatoms. The molecule has 1 aromatic carbocycles. The van der Waals surface area contributed by atoms with E-state index in [0.29, 0.717) is 34.4 Å². The molecule has 0 aliphatic heterocycles. The van der Waals surface area contributed by atoms with E-state index in [1.165, 1.54) is 10.8 Å². The van der Waals surface area contributed by atoms with Crippen LogP contribution in [0, 0.1) is 0 Å². The van der Waals surface area contributed by atoms with Gasteiger partial charge in [-0.3, -0.25) is 19.1 Å². The number of ketones is 1. The van der Waals surface area contributed by atoms with Crippen LogP contribution in [0.25, 0.3) is 11.0 Å². The highest BCUT2D eigenvalue weighted by molar-refractivity contribution is 6.30. The Hall–Kier alpha value is -2.73. The van der Waals surface area contributed by atoms with Crippen LogP contribution in [0.5, 0.6) is 0 Å². The third-order valence-electron chi connectivity index (χ3n) is 4.74. The summed E-state index contributed by atoms with van der Waals surface area (Å²) in [5, 5.41) is 0.912. The summed E-state index contributed by atoms with van der Waals surface area (Å²) in [4.78, 5) is 43.3. The molecule has 2 heterocycles. The molecular weight excluding hydrogens is 342 g/mol. The molecule has 1 aliphatic carbocycles. The van der Waals surface area contributed by atoms with Crippen LogP contribution >= 0.6 is 11.6 Å². The Balaban J connectivity index is 1.96. The molecule has 0 radical (unpaired) electrons. The Morgan fingerprint density at radius 1 is 1.24 bits per heavy atom. The van der Waals surface area contributed by atoms with Crippen molar-refractivity contribution < 1.29 is 4.79 Å². The van der Waals surface area contributed by atoms with Crippen molar-refractivity contribution in [1.29, 1.82) is 0 Å². The van der Waals surface area contributed by atoms with Gasteiger partial charge in [0.25, 0.3) is 5.56 Å². The van der Waals surface area contributed by atoms with Crippen LogP contribution in [0.2, 0.25) is 5.02 Å². The van der Waals surface area contributed by atoms with Gasteiger partial charge in [0.15, 0.2) is 5.78 Å². The summed E-state index contributed by atoms with van der Waals surface area (Å²) in [6.45, 7) is 0. The van der Waals surface area contributed by atoms with Crippen molar-refractivity contribution in [1.82, 2.24) is 14.5 Å². The van der Waals surface area contributed by atoms with Gasteiger partial charge in [-0.1, -0.05) is 23.7 Å². The SMILES string of the molecule is Cn1c(=O)[nH]c(=O)c2c3c(cnc21)C(=O)C[C@H](c1cccc(Cl)c1)C3. The van der Waals surface area contributed by atoms with Gasteiger partial charge in [-0.25, -0.2) is 9.78 Å². The minimum atomic E-state index is -0.529.